The summed E-state index contributed by atoms with van der Waals surface area (Å²) in [5.74, 6) is 0.747. The number of methoxy groups -OCH3 is 1. The first-order valence-electron chi connectivity index (χ1n) is 6.01. The highest BCUT2D eigenvalue weighted by Gasteiger charge is 2.12. The molecule has 0 unspecified atom stereocenters. The van der Waals surface area contributed by atoms with Crippen LogP contribution >= 0.6 is 27.5 Å². The van der Waals surface area contributed by atoms with E-state index in [1.807, 2.05) is 18.2 Å². The van der Waals surface area contributed by atoms with Gasteiger partial charge in [-0.3, -0.25) is 10.1 Å². The van der Waals surface area contributed by atoms with E-state index in [1.54, 1.807) is 13.2 Å². The normalized spacial score (nSPS) is 10.2. The molecule has 21 heavy (non-hydrogen) atoms. The van der Waals surface area contributed by atoms with Crippen LogP contribution in [0.2, 0.25) is 5.02 Å². The highest BCUT2D eigenvalue weighted by atomic mass is 79.9. The summed E-state index contributed by atoms with van der Waals surface area (Å²) < 4.78 is 6.10. The van der Waals surface area contributed by atoms with Crippen LogP contribution in [-0.2, 0) is 6.54 Å². The highest BCUT2D eigenvalue weighted by molar-refractivity contribution is 9.10. The third-order valence-corrected chi connectivity index (χ3v) is 3.97. The molecule has 0 spiro atoms. The van der Waals surface area contributed by atoms with Gasteiger partial charge < -0.3 is 10.1 Å². The maximum absolute atomic E-state index is 10.9. The van der Waals surface area contributed by atoms with Crippen molar-refractivity contribution >= 4 is 38.9 Å². The van der Waals surface area contributed by atoms with E-state index in [1.165, 1.54) is 12.1 Å². The molecule has 7 heteroatoms. The van der Waals surface area contributed by atoms with Gasteiger partial charge in [-0.2, -0.15) is 0 Å². The molecule has 2 aromatic rings. The standard InChI is InChI=1S/C14H12BrClN2O3/c1-21-11-3-4-12(15)9(6-11)8-17-10-2-5-13(16)14(7-10)18(19)20/h2-7,17H,8H2,1H3. The van der Waals surface area contributed by atoms with Crippen molar-refractivity contribution in [2.24, 2.45) is 0 Å². The van der Waals surface area contributed by atoms with Crippen molar-refractivity contribution < 1.29 is 9.66 Å². The van der Waals surface area contributed by atoms with Gasteiger partial charge in [0.25, 0.3) is 5.69 Å². The average Bonchev–Trinajstić information content (AvgIpc) is 2.47. The summed E-state index contributed by atoms with van der Waals surface area (Å²) >= 11 is 9.24. The first-order valence-corrected chi connectivity index (χ1v) is 7.18. The van der Waals surface area contributed by atoms with Crippen LogP contribution in [0.3, 0.4) is 0 Å². The zero-order valence-electron chi connectivity index (χ0n) is 11.1. The number of halogens is 2. The van der Waals surface area contributed by atoms with Crippen molar-refractivity contribution in [1.82, 2.24) is 0 Å². The second-order valence-electron chi connectivity index (χ2n) is 4.23. The number of ether oxygens (including phenoxy) is 1. The number of anilines is 1. The topological polar surface area (TPSA) is 64.4 Å². The zero-order chi connectivity index (χ0) is 15.4. The fourth-order valence-electron chi connectivity index (χ4n) is 1.77. The van der Waals surface area contributed by atoms with E-state index >= 15 is 0 Å². The fourth-order valence-corrected chi connectivity index (χ4v) is 2.35. The Morgan fingerprint density at radius 2 is 2.10 bits per heavy atom. The van der Waals surface area contributed by atoms with Gasteiger partial charge >= 0.3 is 0 Å². The molecule has 2 rings (SSSR count). The molecular formula is C14H12BrClN2O3. The van der Waals surface area contributed by atoms with Gasteiger partial charge in [-0.15, -0.1) is 0 Å². The highest BCUT2D eigenvalue weighted by Crippen LogP contribution is 2.28. The van der Waals surface area contributed by atoms with Crippen LogP contribution in [0, 0.1) is 10.1 Å². The average molecular weight is 372 g/mol. The van der Waals surface area contributed by atoms with Gasteiger partial charge in [0.15, 0.2) is 0 Å². The van der Waals surface area contributed by atoms with Crippen molar-refractivity contribution in [3.63, 3.8) is 0 Å². The minimum atomic E-state index is -0.505. The molecule has 0 aromatic heterocycles. The Bertz CT molecular complexity index is 679. The molecule has 0 saturated carbocycles. The van der Waals surface area contributed by atoms with Gasteiger partial charge in [-0.25, -0.2) is 0 Å². The smallest absolute Gasteiger partial charge is 0.289 e. The molecule has 0 aliphatic heterocycles. The monoisotopic (exact) mass is 370 g/mol. The third-order valence-electron chi connectivity index (χ3n) is 2.88. The Morgan fingerprint density at radius 1 is 1.33 bits per heavy atom. The summed E-state index contributed by atoms with van der Waals surface area (Å²) in [7, 11) is 1.60. The van der Waals surface area contributed by atoms with E-state index in [4.69, 9.17) is 16.3 Å². The Kier molecular flexibility index (Phi) is 5.03. The van der Waals surface area contributed by atoms with Crippen LogP contribution in [0.5, 0.6) is 5.75 Å². The Hall–Kier alpha value is -1.79. The number of nitrogens with zero attached hydrogens (tertiary/aromatic N) is 1. The predicted molar refractivity (Wildman–Crippen MR) is 86.1 cm³/mol. The molecule has 2 aromatic carbocycles. The molecule has 0 amide bonds. The van der Waals surface area contributed by atoms with Crippen LogP contribution in [0.4, 0.5) is 11.4 Å². The number of nitro groups is 1. The van der Waals surface area contributed by atoms with Crippen LogP contribution in [-0.4, -0.2) is 12.0 Å². The van der Waals surface area contributed by atoms with Crippen molar-refractivity contribution in [2.75, 3.05) is 12.4 Å². The first kappa shape index (κ1) is 15.6. The maximum atomic E-state index is 10.9. The Labute approximate surface area is 135 Å². The molecule has 0 radical (unpaired) electrons. The lowest BCUT2D eigenvalue weighted by Crippen LogP contribution is -2.01. The van der Waals surface area contributed by atoms with E-state index in [-0.39, 0.29) is 10.7 Å². The molecule has 0 saturated heterocycles. The number of hydrogen-bond donors (Lipinski definition) is 1. The number of benzene rings is 2. The fraction of sp³-hybridized carbons (Fsp3) is 0.143. The van der Waals surface area contributed by atoms with Crippen molar-refractivity contribution in [3.05, 3.63) is 61.6 Å². The summed E-state index contributed by atoms with van der Waals surface area (Å²) in [5, 5.41) is 14.1. The summed E-state index contributed by atoms with van der Waals surface area (Å²) in [6.07, 6.45) is 0. The zero-order valence-corrected chi connectivity index (χ0v) is 13.4. The number of nitrogens with one attached hydrogen (secondary N) is 1. The molecule has 0 fully saturated rings. The lowest BCUT2D eigenvalue weighted by Gasteiger charge is -2.10. The van der Waals surface area contributed by atoms with Gasteiger partial charge in [-0.1, -0.05) is 27.5 Å². The van der Waals surface area contributed by atoms with Gasteiger partial charge in [0.1, 0.15) is 10.8 Å². The van der Waals surface area contributed by atoms with Crippen molar-refractivity contribution in [3.8, 4) is 5.75 Å². The minimum absolute atomic E-state index is 0.119. The van der Waals surface area contributed by atoms with E-state index in [9.17, 15) is 10.1 Å². The number of rotatable bonds is 5. The molecule has 1 N–H and O–H groups in total. The van der Waals surface area contributed by atoms with Crippen LogP contribution in [0.25, 0.3) is 0 Å². The van der Waals surface area contributed by atoms with E-state index in [0.29, 0.717) is 12.2 Å². The summed E-state index contributed by atoms with van der Waals surface area (Å²) in [6.45, 7) is 0.497. The maximum Gasteiger partial charge on any atom is 0.289 e. The van der Waals surface area contributed by atoms with E-state index in [0.717, 1.165) is 15.8 Å². The van der Waals surface area contributed by atoms with Crippen molar-refractivity contribution in [2.45, 2.75) is 6.54 Å². The molecule has 0 aliphatic carbocycles. The number of nitro benzene ring substituents is 1. The molecule has 110 valence electrons. The largest absolute Gasteiger partial charge is 0.497 e. The number of hydrogen-bond acceptors (Lipinski definition) is 4. The van der Waals surface area contributed by atoms with E-state index in [2.05, 4.69) is 21.2 Å². The molecular weight excluding hydrogens is 360 g/mol. The lowest BCUT2D eigenvalue weighted by atomic mass is 10.2. The third kappa shape index (κ3) is 3.86. The van der Waals surface area contributed by atoms with Crippen LogP contribution < -0.4 is 10.1 Å². The lowest BCUT2D eigenvalue weighted by molar-refractivity contribution is -0.384. The summed E-state index contributed by atoms with van der Waals surface area (Å²) in [6, 6.07) is 10.2. The molecule has 5 nitrogen and oxygen atoms in total. The van der Waals surface area contributed by atoms with E-state index < -0.39 is 4.92 Å². The minimum Gasteiger partial charge on any atom is -0.497 e. The Balaban J connectivity index is 2.16. The van der Waals surface area contributed by atoms with Gasteiger partial charge in [0, 0.05) is 22.8 Å². The second-order valence-corrected chi connectivity index (χ2v) is 5.50. The molecule has 0 atom stereocenters. The summed E-state index contributed by atoms with van der Waals surface area (Å²) in [4.78, 5) is 10.4. The van der Waals surface area contributed by atoms with Crippen LogP contribution in [0.15, 0.2) is 40.9 Å². The SMILES string of the molecule is COc1ccc(Br)c(CNc2ccc(Cl)c([N+](=O)[O-])c2)c1. The molecule has 0 heterocycles. The first-order chi connectivity index (χ1) is 10.0. The quantitative estimate of drug-likeness (QED) is 0.614. The second kappa shape index (κ2) is 6.78. The predicted octanol–water partition coefficient (Wildman–Crippen LogP) is 4.63. The van der Waals surface area contributed by atoms with Gasteiger partial charge in [-0.05, 0) is 35.9 Å². The van der Waals surface area contributed by atoms with Gasteiger partial charge in [0.2, 0.25) is 0 Å². The van der Waals surface area contributed by atoms with Crippen molar-refractivity contribution in [1.29, 1.82) is 0 Å². The molecule has 0 bridgehead atoms. The Morgan fingerprint density at radius 3 is 2.76 bits per heavy atom. The van der Waals surface area contributed by atoms with Crippen LogP contribution in [0.1, 0.15) is 5.56 Å². The summed E-state index contributed by atoms with van der Waals surface area (Å²) in [5.41, 5.74) is 1.49. The molecule has 0 aliphatic rings. The van der Waals surface area contributed by atoms with Gasteiger partial charge in [0.05, 0.1) is 12.0 Å².